The lowest BCUT2D eigenvalue weighted by atomic mass is 9.71. The standard InChI is InChI=1S/C20H26FNO4/c21-16-6-4-15(5-7-16)20(10-12-26-13-11-20)17(23)22-14-19(18(24)25)8-2-1-3-9-19/h4-7H,1-3,8-14H2,(H,22,23)(H,24,25). The lowest BCUT2D eigenvalue weighted by Gasteiger charge is -2.38. The summed E-state index contributed by atoms with van der Waals surface area (Å²) in [6.07, 6.45) is 4.98. The Morgan fingerprint density at radius 2 is 1.65 bits per heavy atom. The maximum absolute atomic E-state index is 13.3. The van der Waals surface area contributed by atoms with Crippen molar-refractivity contribution in [3.63, 3.8) is 0 Å². The summed E-state index contributed by atoms with van der Waals surface area (Å²) in [5.41, 5.74) is -0.906. The third-order valence-corrected chi connectivity index (χ3v) is 6.03. The molecule has 26 heavy (non-hydrogen) atoms. The highest BCUT2D eigenvalue weighted by molar-refractivity contribution is 5.89. The molecule has 1 saturated carbocycles. The van der Waals surface area contributed by atoms with E-state index < -0.39 is 16.8 Å². The first kappa shape index (κ1) is 18.8. The summed E-state index contributed by atoms with van der Waals surface area (Å²) in [5.74, 6) is -1.36. The first-order valence-electron chi connectivity index (χ1n) is 9.34. The van der Waals surface area contributed by atoms with Crippen LogP contribution in [0.2, 0.25) is 0 Å². The summed E-state index contributed by atoms with van der Waals surface area (Å²) in [6.45, 7) is 1.05. The zero-order chi connectivity index (χ0) is 18.6. The zero-order valence-corrected chi connectivity index (χ0v) is 14.9. The highest BCUT2D eigenvalue weighted by atomic mass is 19.1. The molecule has 3 rings (SSSR count). The second-order valence-corrected chi connectivity index (χ2v) is 7.53. The number of rotatable bonds is 5. The number of benzene rings is 1. The van der Waals surface area contributed by atoms with Crippen molar-refractivity contribution in [2.24, 2.45) is 5.41 Å². The van der Waals surface area contributed by atoms with Crippen LogP contribution in [0.4, 0.5) is 4.39 Å². The molecular weight excluding hydrogens is 337 g/mol. The maximum atomic E-state index is 13.3. The van der Waals surface area contributed by atoms with E-state index in [1.54, 1.807) is 12.1 Å². The van der Waals surface area contributed by atoms with E-state index in [4.69, 9.17) is 4.74 Å². The molecule has 1 aromatic carbocycles. The van der Waals surface area contributed by atoms with Gasteiger partial charge < -0.3 is 15.2 Å². The molecule has 0 unspecified atom stereocenters. The summed E-state index contributed by atoms with van der Waals surface area (Å²) < 4.78 is 18.7. The molecule has 2 fully saturated rings. The van der Waals surface area contributed by atoms with Crippen molar-refractivity contribution in [1.82, 2.24) is 5.32 Å². The average Bonchev–Trinajstić information content (AvgIpc) is 2.67. The van der Waals surface area contributed by atoms with Crippen molar-refractivity contribution in [2.75, 3.05) is 19.8 Å². The summed E-state index contributed by atoms with van der Waals surface area (Å²) >= 11 is 0. The molecule has 1 aliphatic carbocycles. The lowest BCUT2D eigenvalue weighted by Crippen LogP contribution is -2.52. The van der Waals surface area contributed by atoms with Crippen LogP contribution in [0.15, 0.2) is 24.3 Å². The molecule has 5 nitrogen and oxygen atoms in total. The molecular formula is C20H26FNO4. The van der Waals surface area contributed by atoms with E-state index in [9.17, 15) is 19.1 Å². The Morgan fingerprint density at radius 1 is 1.04 bits per heavy atom. The number of aliphatic carboxylic acids is 1. The quantitative estimate of drug-likeness (QED) is 0.843. The largest absolute Gasteiger partial charge is 0.481 e. The highest BCUT2D eigenvalue weighted by Gasteiger charge is 2.44. The molecule has 142 valence electrons. The molecule has 1 aliphatic heterocycles. The summed E-state index contributed by atoms with van der Waals surface area (Å²) in [7, 11) is 0. The van der Waals surface area contributed by atoms with Gasteiger partial charge in [0, 0.05) is 19.8 Å². The predicted octanol–water partition coefficient (Wildman–Crippen LogP) is 3.03. The molecule has 1 aromatic rings. The van der Waals surface area contributed by atoms with E-state index >= 15 is 0 Å². The predicted molar refractivity (Wildman–Crippen MR) is 94.3 cm³/mol. The second-order valence-electron chi connectivity index (χ2n) is 7.53. The second kappa shape index (κ2) is 7.74. The molecule has 0 radical (unpaired) electrons. The van der Waals surface area contributed by atoms with Crippen LogP contribution in [0.3, 0.4) is 0 Å². The number of hydrogen-bond donors (Lipinski definition) is 2. The number of carbonyl (C=O) groups is 2. The van der Waals surface area contributed by atoms with Crippen molar-refractivity contribution in [3.8, 4) is 0 Å². The number of amides is 1. The first-order valence-corrected chi connectivity index (χ1v) is 9.34. The maximum Gasteiger partial charge on any atom is 0.311 e. The molecule has 1 amide bonds. The van der Waals surface area contributed by atoms with Gasteiger partial charge in [0.25, 0.3) is 0 Å². The van der Waals surface area contributed by atoms with Gasteiger partial charge in [-0.05, 0) is 43.4 Å². The van der Waals surface area contributed by atoms with E-state index in [0.29, 0.717) is 38.9 Å². The highest BCUT2D eigenvalue weighted by Crippen LogP contribution is 2.38. The Balaban J connectivity index is 1.79. The zero-order valence-electron chi connectivity index (χ0n) is 14.9. The van der Waals surface area contributed by atoms with Gasteiger partial charge in [0.1, 0.15) is 5.82 Å². The normalized spacial score (nSPS) is 21.7. The SMILES string of the molecule is O=C(O)C1(CNC(=O)C2(c3ccc(F)cc3)CCOCC2)CCCCC1. The van der Waals surface area contributed by atoms with E-state index in [2.05, 4.69) is 5.32 Å². The van der Waals surface area contributed by atoms with Crippen LogP contribution >= 0.6 is 0 Å². The molecule has 1 heterocycles. The third kappa shape index (κ3) is 3.61. The molecule has 0 bridgehead atoms. The molecule has 2 aliphatic rings. The summed E-state index contributed by atoms with van der Waals surface area (Å²) in [6, 6.07) is 6.01. The summed E-state index contributed by atoms with van der Waals surface area (Å²) in [5, 5.41) is 12.6. The Bertz CT molecular complexity index is 646. The fraction of sp³-hybridized carbons (Fsp3) is 0.600. The van der Waals surface area contributed by atoms with E-state index in [1.165, 1.54) is 12.1 Å². The molecule has 1 saturated heterocycles. The molecule has 0 aromatic heterocycles. The number of carboxylic acids is 1. The van der Waals surface area contributed by atoms with Gasteiger partial charge >= 0.3 is 5.97 Å². The molecule has 0 atom stereocenters. The Morgan fingerprint density at radius 3 is 2.23 bits per heavy atom. The monoisotopic (exact) mass is 363 g/mol. The van der Waals surface area contributed by atoms with Crippen LogP contribution < -0.4 is 5.32 Å². The van der Waals surface area contributed by atoms with Gasteiger partial charge in [-0.2, -0.15) is 0 Å². The number of halogens is 1. The van der Waals surface area contributed by atoms with Crippen LogP contribution in [0, 0.1) is 11.2 Å². The van der Waals surface area contributed by atoms with Crippen molar-refractivity contribution < 1.29 is 23.8 Å². The van der Waals surface area contributed by atoms with Gasteiger partial charge in [-0.25, -0.2) is 4.39 Å². The molecule has 6 heteroatoms. The number of carbonyl (C=O) groups excluding carboxylic acids is 1. The fourth-order valence-corrected chi connectivity index (χ4v) is 4.25. The number of carboxylic acid groups (broad SMARTS) is 1. The topological polar surface area (TPSA) is 75.6 Å². The van der Waals surface area contributed by atoms with Gasteiger partial charge in [-0.15, -0.1) is 0 Å². The van der Waals surface area contributed by atoms with Gasteiger partial charge in [0.05, 0.1) is 10.8 Å². The molecule has 2 N–H and O–H groups in total. The number of ether oxygens (including phenoxy) is 1. The minimum absolute atomic E-state index is 0.144. The smallest absolute Gasteiger partial charge is 0.311 e. The van der Waals surface area contributed by atoms with Gasteiger partial charge in [0.2, 0.25) is 5.91 Å². The van der Waals surface area contributed by atoms with Crippen LogP contribution in [0.5, 0.6) is 0 Å². The van der Waals surface area contributed by atoms with Gasteiger partial charge in [-0.1, -0.05) is 31.4 Å². The lowest BCUT2D eigenvalue weighted by molar-refractivity contribution is -0.151. The molecule has 0 spiro atoms. The van der Waals surface area contributed by atoms with Crippen molar-refractivity contribution in [1.29, 1.82) is 0 Å². The van der Waals surface area contributed by atoms with Gasteiger partial charge in [-0.3, -0.25) is 9.59 Å². The van der Waals surface area contributed by atoms with Crippen LogP contribution in [0.25, 0.3) is 0 Å². The van der Waals surface area contributed by atoms with Crippen LogP contribution in [-0.4, -0.2) is 36.7 Å². The fourth-order valence-electron chi connectivity index (χ4n) is 4.25. The van der Waals surface area contributed by atoms with Crippen molar-refractivity contribution in [3.05, 3.63) is 35.6 Å². The Hall–Kier alpha value is -1.95. The van der Waals surface area contributed by atoms with E-state index in [0.717, 1.165) is 24.8 Å². The van der Waals surface area contributed by atoms with Crippen molar-refractivity contribution >= 4 is 11.9 Å². The minimum Gasteiger partial charge on any atom is -0.481 e. The number of hydrogen-bond acceptors (Lipinski definition) is 3. The van der Waals surface area contributed by atoms with E-state index in [-0.39, 0.29) is 18.3 Å². The summed E-state index contributed by atoms with van der Waals surface area (Å²) in [4.78, 5) is 25.0. The Labute approximate surface area is 152 Å². The Kier molecular flexibility index (Phi) is 5.61. The third-order valence-electron chi connectivity index (χ3n) is 6.03. The van der Waals surface area contributed by atoms with Crippen LogP contribution in [0.1, 0.15) is 50.5 Å². The minimum atomic E-state index is -0.872. The van der Waals surface area contributed by atoms with Crippen molar-refractivity contribution in [2.45, 2.75) is 50.4 Å². The van der Waals surface area contributed by atoms with Gasteiger partial charge in [0.15, 0.2) is 0 Å². The average molecular weight is 363 g/mol. The number of nitrogens with one attached hydrogen (secondary N) is 1. The van der Waals surface area contributed by atoms with Crippen LogP contribution in [-0.2, 0) is 19.7 Å². The first-order chi connectivity index (χ1) is 12.5. The van der Waals surface area contributed by atoms with E-state index in [1.807, 2.05) is 0 Å².